The zero-order valence-electron chi connectivity index (χ0n) is 14.7. The summed E-state index contributed by atoms with van der Waals surface area (Å²) in [7, 11) is 0. The molecule has 27 heavy (non-hydrogen) atoms. The van der Waals surface area contributed by atoms with E-state index >= 15 is 0 Å². The number of anilines is 2. The van der Waals surface area contributed by atoms with Gasteiger partial charge in [0.15, 0.2) is 5.76 Å². The third-order valence-corrected chi connectivity index (χ3v) is 3.95. The number of amides is 2. The highest BCUT2D eigenvalue weighted by Gasteiger charge is 2.20. The lowest BCUT2D eigenvalue weighted by Gasteiger charge is -2.21. The average molecular weight is 362 g/mol. The minimum atomic E-state index is -0.829. The van der Waals surface area contributed by atoms with Crippen LogP contribution in [0.1, 0.15) is 27.8 Å². The van der Waals surface area contributed by atoms with E-state index in [0.717, 1.165) is 5.69 Å². The summed E-state index contributed by atoms with van der Waals surface area (Å²) in [4.78, 5) is 38.6. The predicted molar refractivity (Wildman–Crippen MR) is 102 cm³/mol. The monoisotopic (exact) mass is 362 g/mol. The highest BCUT2D eigenvalue weighted by atomic mass is 16.3. The lowest BCUT2D eigenvalue weighted by Crippen LogP contribution is -2.30. The van der Waals surface area contributed by atoms with Gasteiger partial charge >= 0.3 is 0 Å². The number of Topliss-reactive ketones (excluding diaryl/α,β-unsaturated/α-hetero) is 1. The van der Waals surface area contributed by atoms with Crippen molar-refractivity contribution in [2.24, 2.45) is 0 Å². The van der Waals surface area contributed by atoms with E-state index in [1.165, 1.54) is 18.4 Å². The Morgan fingerprint density at radius 3 is 2.41 bits per heavy atom. The maximum absolute atomic E-state index is 12.9. The zero-order chi connectivity index (χ0) is 19.2. The summed E-state index contributed by atoms with van der Waals surface area (Å²) in [5, 5.41) is 2.50. The van der Waals surface area contributed by atoms with Crippen LogP contribution in [0, 0.1) is 0 Å². The molecule has 0 aliphatic carbocycles. The van der Waals surface area contributed by atoms with Crippen LogP contribution in [-0.4, -0.2) is 24.1 Å². The molecule has 0 radical (unpaired) electrons. The molecule has 3 aromatic rings. The van der Waals surface area contributed by atoms with Crippen LogP contribution in [0.15, 0.2) is 77.4 Å². The van der Waals surface area contributed by atoms with Gasteiger partial charge in [0.2, 0.25) is 0 Å². The van der Waals surface area contributed by atoms with Gasteiger partial charge < -0.3 is 14.6 Å². The van der Waals surface area contributed by atoms with Crippen molar-refractivity contribution >= 4 is 29.0 Å². The van der Waals surface area contributed by atoms with Gasteiger partial charge in [-0.15, -0.1) is 0 Å². The Morgan fingerprint density at radius 1 is 0.963 bits per heavy atom. The van der Waals surface area contributed by atoms with Gasteiger partial charge in [-0.05, 0) is 49.4 Å². The van der Waals surface area contributed by atoms with Crippen LogP contribution in [0.4, 0.5) is 11.4 Å². The first-order valence-electron chi connectivity index (χ1n) is 8.46. The van der Waals surface area contributed by atoms with E-state index in [9.17, 15) is 14.4 Å². The van der Waals surface area contributed by atoms with E-state index in [0.29, 0.717) is 17.8 Å². The molecular formula is C21H18N2O4. The number of carbonyl (C=O) groups is 3. The van der Waals surface area contributed by atoms with E-state index < -0.39 is 11.7 Å². The smallest absolute Gasteiger partial charge is 0.300 e. The number of benzene rings is 2. The second-order valence-corrected chi connectivity index (χ2v) is 5.73. The second kappa shape index (κ2) is 8.14. The number of para-hydroxylation sites is 1. The van der Waals surface area contributed by atoms with E-state index in [4.69, 9.17) is 4.42 Å². The highest BCUT2D eigenvalue weighted by Crippen LogP contribution is 2.19. The van der Waals surface area contributed by atoms with Crippen molar-refractivity contribution in [3.05, 3.63) is 84.3 Å². The minimum Gasteiger partial charge on any atom is -0.461 e. The first kappa shape index (κ1) is 18.1. The number of nitrogens with one attached hydrogen (secondary N) is 1. The van der Waals surface area contributed by atoms with Crippen molar-refractivity contribution in [1.29, 1.82) is 0 Å². The molecule has 0 aliphatic rings. The van der Waals surface area contributed by atoms with Crippen molar-refractivity contribution in [1.82, 2.24) is 0 Å². The van der Waals surface area contributed by atoms with Crippen LogP contribution in [0.5, 0.6) is 0 Å². The van der Waals surface area contributed by atoms with E-state index in [1.807, 2.05) is 37.3 Å². The molecule has 1 heterocycles. The first-order chi connectivity index (χ1) is 13.1. The summed E-state index contributed by atoms with van der Waals surface area (Å²) in [6, 6.07) is 18.7. The Bertz CT molecular complexity index is 949. The third kappa shape index (κ3) is 4.12. The molecule has 6 heteroatoms. The summed E-state index contributed by atoms with van der Waals surface area (Å²) in [5.74, 6) is -1.85. The normalized spacial score (nSPS) is 10.3. The zero-order valence-corrected chi connectivity index (χ0v) is 14.7. The average Bonchev–Trinajstić information content (AvgIpc) is 3.23. The third-order valence-electron chi connectivity index (χ3n) is 3.95. The Labute approximate surface area is 156 Å². The Balaban J connectivity index is 1.77. The summed E-state index contributed by atoms with van der Waals surface area (Å²) in [6.07, 6.45) is 1.32. The van der Waals surface area contributed by atoms with E-state index in [1.54, 1.807) is 29.2 Å². The Kier molecular flexibility index (Phi) is 5.47. The topological polar surface area (TPSA) is 79.6 Å². The lowest BCUT2D eigenvalue weighted by atomic mass is 10.1. The molecule has 0 saturated heterocycles. The largest absolute Gasteiger partial charge is 0.461 e. The van der Waals surface area contributed by atoms with Gasteiger partial charge in [0.05, 0.1) is 6.26 Å². The van der Waals surface area contributed by atoms with E-state index in [-0.39, 0.29) is 11.7 Å². The number of carbonyl (C=O) groups excluding carboxylic acids is 3. The molecule has 3 rings (SSSR count). The van der Waals surface area contributed by atoms with Crippen LogP contribution >= 0.6 is 0 Å². The molecule has 0 spiro atoms. The van der Waals surface area contributed by atoms with Gasteiger partial charge in [0.25, 0.3) is 17.6 Å². The molecule has 1 N–H and O–H groups in total. The second-order valence-electron chi connectivity index (χ2n) is 5.73. The fraction of sp³-hybridized carbons (Fsp3) is 0.0952. The van der Waals surface area contributed by atoms with E-state index in [2.05, 4.69) is 5.32 Å². The maximum Gasteiger partial charge on any atom is 0.300 e. The van der Waals surface area contributed by atoms with Gasteiger partial charge in [-0.25, -0.2) is 0 Å². The van der Waals surface area contributed by atoms with Crippen LogP contribution in [-0.2, 0) is 4.79 Å². The molecule has 6 nitrogen and oxygen atoms in total. The van der Waals surface area contributed by atoms with Crippen LogP contribution < -0.4 is 10.2 Å². The SMILES string of the molecule is CCN(C(=O)c1cccc(NC(=O)C(=O)c2ccco2)c1)c1ccccc1. The Morgan fingerprint density at radius 2 is 1.74 bits per heavy atom. The van der Waals surface area contributed by atoms with Gasteiger partial charge in [0, 0.05) is 23.5 Å². The first-order valence-corrected chi connectivity index (χ1v) is 8.46. The molecule has 0 aliphatic heterocycles. The molecule has 2 aromatic carbocycles. The summed E-state index contributed by atoms with van der Waals surface area (Å²) in [5.41, 5.74) is 1.55. The Hall–Kier alpha value is -3.67. The molecule has 0 fully saturated rings. The van der Waals surface area contributed by atoms with Crippen LogP contribution in [0.25, 0.3) is 0 Å². The van der Waals surface area contributed by atoms with Crippen molar-refractivity contribution in [3.63, 3.8) is 0 Å². The van der Waals surface area contributed by atoms with Gasteiger partial charge in [-0.3, -0.25) is 14.4 Å². The standard InChI is InChI=1S/C21H18N2O4/c1-2-23(17-10-4-3-5-11-17)21(26)15-8-6-9-16(14-15)22-20(25)19(24)18-12-7-13-27-18/h3-14H,2H2,1H3,(H,22,25). The van der Waals surface area contributed by atoms with Crippen molar-refractivity contribution in [2.45, 2.75) is 6.92 Å². The molecule has 0 saturated carbocycles. The van der Waals surface area contributed by atoms with Gasteiger partial charge in [0.1, 0.15) is 0 Å². The van der Waals surface area contributed by atoms with Gasteiger partial charge in [-0.2, -0.15) is 0 Å². The maximum atomic E-state index is 12.9. The molecule has 0 atom stereocenters. The number of hydrogen-bond acceptors (Lipinski definition) is 4. The predicted octanol–water partition coefficient (Wildman–Crippen LogP) is 3.77. The quantitative estimate of drug-likeness (QED) is 0.535. The molecule has 1 aromatic heterocycles. The summed E-state index contributed by atoms with van der Waals surface area (Å²) < 4.78 is 4.94. The van der Waals surface area contributed by atoms with Crippen LogP contribution in [0.2, 0.25) is 0 Å². The number of ketones is 1. The lowest BCUT2D eigenvalue weighted by molar-refractivity contribution is -0.112. The van der Waals surface area contributed by atoms with Crippen molar-refractivity contribution < 1.29 is 18.8 Å². The highest BCUT2D eigenvalue weighted by molar-refractivity contribution is 6.45. The number of nitrogens with zero attached hydrogens (tertiary/aromatic N) is 1. The van der Waals surface area contributed by atoms with Gasteiger partial charge in [-0.1, -0.05) is 24.3 Å². The summed E-state index contributed by atoms with van der Waals surface area (Å²) in [6.45, 7) is 2.38. The molecule has 0 unspecified atom stereocenters. The molecule has 136 valence electrons. The number of furan rings is 1. The molecular weight excluding hydrogens is 344 g/mol. The number of hydrogen-bond donors (Lipinski definition) is 1. The van der Waals surface area contributed by atoms with Crippen molar-refractivity contribution in [2.75, 3.05) is 16.8 Å². The molecule has 0 bridgehead atoms. The summed E-state index contributed by atoms with van der Waals surface area (Å²) >= 11 is 0. The fourth-order valence-corrected chi connectivity index (χ4v) is 2.64. The molecule has 2 amide bonds. The van der Waals surface area contributed by atoms with Crippen LogP contribution in [0.3, 0.4) is 0 Å². The minimum absolute atomic E-state index is 0.0408. The fourth-order valence-electron chi connectivity index (χ4n) is 2.64. The van der Waals surface area contributed by atoms with Crippen molar-refractivity contribution in [3.8, 4) is 0 Å². The number of rotatable bonds is 6.